The summed E-state index contributed by atoms with van der Waals surface area (Å²) in [6.45, 7) is 15.2. The van der Waals surface area contributed by atoms with E-state index < -0.39 is 67.9 Å². The van der Waals surface area contributed by atoms with Crippen LogP contribution in [-0.2, 0) is 31.8 Å². The van der Waals surface area contributed by atoms with Gasteiger partial charge in [-0.25, -0.2) is 9.18 Å². The summed E-state index contributed by atoms with van der Waals surface area (Å²) in [4.78, 5) is 39.2. The molecule has 0 aromatic heterocycles. The quantitative estimate of drug-likeness (QED) is 0.135. The first-order chi connectivity index (χ1) is 22.1. The maximum absolute atomic E-state index is 16.8. The molecule has 1 aliphatic heterocycles. The summed E-state index contributed by atoms with van der Waals surface area (Å²) in [6, 6.07) is 8.62. The number of amides is 2. The number of halogens is 4. The molecule has 2 aromatic rings. The summed E-state index contributed by atoms with van der Waals surface area (Å²) in [5, 5.41) is 10.3. The molecule has 1 aliphatic rings. The van der Waals surface area contributed by atoms with Crippen molar-refractivity contribution in [2.24, 2.45) is 0 Å². The normalized spacial score (nSPS) is 15.2. The number of benzene rings is 2. The Morgan fingerprint density at radius 1 is 1.00 bits per heavy atom. The largest absolute Gasteiger partial charge is 0.487 e. The molecule has 0 bridgehead atoms. The van der Waals surface area contributed by atoms with Crippen LogP contribution in [0.3, 0.4) is 0 Å². The molecule has 1 atom stereocenters. The van der Waals surface area contributed by atoms with E-state index in [9.17, 15) is 32.7 Å². The van der Waals surface area contributed by atoms with Crippen molar-refractivity contribution in [1.82, 2.24) is 0 Å². The molecular weight excluding hydrogens is 652 g/mol. The fourth-order valence-electron chi connectivity index (χ4n) is 6.71. The molecule has 0 radical (unpaired) electrons. The highest BCUT2D eigenvalue weighted by Gasteiger charge is 2.49. The number of alkyl halides is 3. The van der Waals surface area contributed by atoms with E-state index in [-0.39, 0.29) is 52.4 Å². The molecule has 2 amide bonds. The molecule has 0 fully saturated rings. The average molecular weight is 699 g/mol. The number of esters is 1. The summed E-state index contributed by atoms with van der Waals surface area (Å²) >= 11 is 0. The highest BCUT2D eigenvalue weighted by Crippen LogP contribution is 2.47. The lowest BCUT2D eigenvalue weighted by Gasteiger charge is -2.43. The number of nitrogens with zero attached hydrogens (tertiary/aromatic N) is 2. The molecular formula is C34H46F4N2O7Si. The SMILES string of the molecule is CC(C)[Si](OC[C@H]1Cc2c(cc(OCc3ccccc3)c(N(CC(=O)OC(C)(C)C)C(=O)C(F)(F)F)c2F)N1C(=O)O)(C(C)C)C(C)C. The Labute approximate surface area is 280 Å². The Kier molecular flexibility index (Phi) is 12.0. The predicted octanol–water partition coefficient (Wildman–Crippen LogP) is 8.24. The number of fused-ring (bicyclic) bond motifs is 1. The highest BCUT2D eigenvalue weighted by molar-refractivity contribution is 6.77. The Balaban J connectivity index is 2.20. The van der Waals surface area contributed by atoms with Crippen molar-refractivity contribution >= 4 is 37.7 Å². The van der Waals surface area contributed by atoms with Crippen LogP contribution in [-0.4, -0.2) is 62.4 Å². The monoisotopic (exact) mass is 698 g/mol. The van der Waals surface area contributed by atoms with Crippen LogP contribution in [0.2, 0.25) is 16.6 Å². The first-order valence-electron chi connectivity index (χ1n) is 15.9. The van der Waals surface area contributed by atoms with Crippen molar-refractivity contribution in [3.8, 4) is 5.75 Å². The van der Waals surface area contributed by atoms with Gasteiger partial charge in [-0.1, -0.05) is 71.9 Å². The van der Waals surface area contributed by atoms with Crippen molar-refractivity contribution in [2.45, 2.75) is 110 Å². The van der Waals surface area contributed by atoms with Gasteiger partial charge in [-0.05, 0) is 43.0 Å². The van der Waals surface area contributed by atoms with Gasteiger partial charge in [-0.2, -0.15) is 13.2 Å². The minimum atomic E-state index is -5.51. The molecule has 2 aromatic carbocycles. The summed E-state index contributed by atoms with van der Waals surface area (Å²) in [6.07, 6.45) is -7.18. The smallest absolute Gasteiger partial charge is 0.471 e. The van der Waals surface area contributed by atoms with Crippen molar-refractivity contribution in [1.29, 1.82) is 0 Å². The number of hydrogen-bond donors (Lipinski definition) is 1. The van der Waals surface area contributed by atoms with Gasteiger partial charge in [0, 0.05) is 18.1 Å². The lowest BCUT2D eigenvalue weighted by molar-refractivity contribution is -0.171. The molecule has 9 nitrogen and oxygen atoms in total. The number of hydrogen-bond acceptors (Lipinski definition) is 6. The molecule has 0 spiro atoms. The van der Waals surface area contributed by atoms with Gasteiger partial charge >= 0.3 is 24.1 Å². The molecule has 3 rings (SSSR count). The third-order valence-electron chi connectivity index (χ3n) is 8.49. The molecule has 1 heterocycles. The standard InChI is InChI=1S/C34H46F4N2O7Si/c1-20(2)48(21(3)4,22(5)6)46-19-24-15-25-26(40(24)32(43)44)16-27(45-18-23-13-11-10-12-14-23)30(29(25)35)39(31(42)34(36,37)38)17-28(41)47-33(7,8)9/h10-14,16,20-22,24H,15,17-19H2,1-9H3,(H,43,44)/t24-/m1/s1. The topological polar surface area (TPSA) is 106 Å². The zero-order valence-electron chi connectivity index (χ0n) is 28.9. The van der Waals surface area contributed by atoms with Crippen molar-refractivity contribution < 1.29 is 51.0 Å². The van der Waals surface area contributed by atoms with Gasteiger partial charge in [0.25, 0.3) is 0 Å². The van der Waals surface area contributed by atoms with Crippen LogP contribution >= 0.6 is 0 Å². The molecule has 48 heavy (non-hydrogen) atoms. The second kappa shape index (κ2) is 14.9. The number of carboxylic acid groups (broad SMARTS) is 1. The molecule has 0 unspecified atom stereocenters. The Morgan fingerprint density at radius 3 is 2.04 bits per heavy atom. The van der Waals surface area contributed by atoms with Crippen molar-refractivity contribution in [2.75, 3.05) is 23.0 Å². The second-order valence-electron chi connectivity index (χ2n) is 13.9. The van der Waals surface area contributed by atoms with E-state index in [1.807, 2.05) is 0 Å². The van der Waals surface area contributed by atoms with Crippen LogP contribution in [0.25, 0.3) is 0 Å². The van der Waals surface area contributed by atoms with E-state index in [2.05, 4.69) is 41.5 Å². The van der Waals surface area contributed by atoms with Gasteiger partial charge in [-0.15, -0.1) is 0 Å². The number of ether oxygens (including phenoxy) is 2. The molecule has 14 heteroatoms. The average Bonchev–Trinajstić information content (AvgIpc) is 3.32. The lowest BCUT2D eigenvalue weighted by Crippen LogP contribution is -2.51. The van der Waals surface area contributed by atoms with Gasteiger partial charge in [0.05, 0.1) is 18.3 Å². The van der Waals surface area contributed by atoms with Gasteiger partial charge in [0.2, 0.25) is 0 Å². The van der Waals surface area contributed by atoms with E-state index in [4.69, 9.17) is 13.9 Å². The number of carbonyl (C=O) groups excluding carboxylic acids is 2. The second-order valence-corrected chi connectivity index (χ2v) is 19.4. The van der Waals surface area contributed by atoms with Crippen LogP contribution in [0.15, 0.2) is 36.4 Å². The van der Waals surface area contributed by atoms with E-state index in [0.717, 1.165) is 11.0 Å². The lowest BCUT2D eigenvalue weighted by atomic mass is 10.1. The fourth-order valence-corrected chi connectivity index (χ4v) is 12.2. The highest BCUT2D eigenvalue weighted by atomic mass is 28.4. The zero-order valence-corrected chi connectivity index (χ0v) is 29.9. The Hall–Kier alpha value is -3.65. The number of rotatable bonds is 12. The zero-order chi connectivity index (χ0) is 36.4. The van der Waals surface area contributed by atoms with E-state index >= 15 is 4.39 Å². The molecule has 266 valence electrons. The van der Waals surface area contributed by atoms with Crippen LogP contribution in [0.1, 0.15) is 73.4 Å². The van der Waals surface area contributed by atoms with Crippen molar-refractivity contribution in [3.63, 3.8) is 0 Å². The van der Waals surface area contributed by atoms with Crippen molar-refractivity contribution in [3.05, 3.63) is 53.3 Å². The van der Waals surface area contributed by atoms with Gasteiger partial charge in [0.15, 0.2) is 14.1 Å². The fraction of sp³-hybridized carbons (Fsp3) is 0.559. The maximum Gasteiger partial charge on any atom is 0.471 e. The first kappa shape index (κ1) is 38.8. The van der Waals surface area contributed by atoms with Crippen LogP contribution in [0.5, 0.6) is 5.75 Å². The Bertz CT molecular complexity index is 1450. The van der Waals surface area contributed by atoms with E-state index in [1.165, 1.54) is 20.8 Å². The van der Waals surface area contributed by atoms with Gasteiger partial charge < -0.3 is 19.0 Å². The van der Waals surface area contributed by atoms with Crippen LogP contribution in [0, 0.1) is 5.82 Å². The third-order valence-corrected chi connectivity index (χ3v) is 14.6. The third kappa shape index (κ3) is 8.49. The molecule has 0 saturated carbocycles. The minimum absolute atomic E-state index is 0.0484. The Morgan fingerprint density at radius 2 is 1.56 bits per heavy atom. The van der Waals surface area contributed by atoms with Crippen LogP contribution in [0.4, 0.5) is 33.7 Å². The molecule has 0 saturated heterocycles. The van der Waals surface area contributed by atoms with E-state index in [0.29, 0.717) is 5.56 Å². The van der Waals surface area contributed by atoms with E-state index in [1.54, 1.807) is 30.3 Å². The molecule has 1 N–H and O–H groups in total. The van der Waals surface area contributed by atoms with Gasteiger partial charge in [0.1, 0.15) is 30.2 Å². The minimum Gasteiger partial charge on any atom is -0.487 e. The van der Waals surface area contributed by atoms with Gasteiger partial charge in [-0.3, -0.25) is 19.4 Å². The summed E-state index contributed by atoms with van der Waals surface area (Å²) < 4.78 is 76.4. The number of carbonyl (C=O) groups is 3. The first-order valence-corrected chi connectivity index (χ1v) is 18.0. The van der Waals surface area contributed by atoms with Crippen LogP contribution < -0.4 is 14.5 Å². The summed E-state index contributed by atoms with van der Waals surface area (Å²) in [5.41, 5.74) is -1.42. The molecule has 0 aliphatic carbocycles. The number of anilines is 2. The predicted molar refractivity (Wildman–Crippen MR) is 176 cm³/mol. The maximum atomic E-state index is 16.8. The summed E-state index contributed by atoms with van der Waals surface area (Å²) in [7, 11) is -2.51. The summed E-state index contributed by atoms with van der Waals surface area (Å²) in [5.74, 6) is -5.61.